The van der Waals surface area contributed by atoms with E-state index in [1.54, 1.807) is 0 Å². The van der Waals surface area contributed by atoms with Crippen molar-refractivity contribution >= 4 is 28.1 Å². The number of nitrogens with one attached hydrogen (secondary N) is 1. The lowest BCUT2D eigenvalue weighted by Gasteiger charge is -2.13. The van der Waals surface area contributed by atoms with Crippen LogP contribution >= 0.6 is 0 Å². The third-order valence-corrected chi connectivity index (χ3v) is 4.64. The minimum absolute atomic E-state index is 0.271. The van der Waals surface area contributed by atoms with Crippen LogP contribution in [-0.2, 0) is 11.2 Å². The Morgan fingerprint density at radius 2 is 1.59 bits per heavy atom. The fourth-order valence-electron chi connectivity index (χ4n) is 2.98. The molecular weight excluding hydrogens is 338 g/mol. The van der Waals surface area contributed by atoms with E-state index in [2.05, 4.69) is 23.1 Å². The highest BCUT2D eigenvalue weighted by molar-refractivity contribution is 6.12. The molecule has 0 fully saturated rings. The molecule has 5 nitrogen and oxygen atoms in total. The van der Waals surface area contributed by atoms with Crippen molar-refractivity contribution in [2.24, 2.45) is 5.73 Å². The first kappa shape index (κ1) is 18.6. The van der Waals surface area contributed by atoms with Gasteiger partial charge in [-0.05, 0) is 41.0 Å². The monoisotopic (exact) mass is 361 g/mol. The number of carboxylic acids is 1. The topological polar surface area (TPSA) is 90.4 Å². The molecule has 0 aliphatic rings. The molecule has 4 N–H and O–H groups in total. The van der Waals surface area contributed by atoms with Crippen molar-refractivity contribution in [3.05, 3.63) is 77.4 Å². The van der Waals surface area contributed by atoms with Gasteiger partial charge in [0.25, 0.3) is 0 Å². The quantitative estimate of drug-likeness (QED) is 0.588. The van der Waals surface area contributed by atoms with E-state index in [0.717, 1.165) is 33.2 Å². The average molecular weight is 361 g/mol. The molecule has 0 heterocycles. The van der Waals surface area contributed by atoms with Gasteiger partial charge in [0.15, 0.2) is 0 Å². The third-order valence-electron chi connectivity index (χ3n) is 4.64. The van der Waals surface area contributed by atoms with Crippen LogP contribution in [0, 0.1) is 5.41 Å². The normalized spacial score (nSPS) is 12.0. The molecule has 0 spiro atoms. The van der Waals surface area contributed by atoms with E-state index in [4.69, 9.17) is 16.2 Å². The average Bonchev–Trinajstić information content (AvgIpc) is 2.67. The second kappa shape index (κ2) is 7.60. The predicted octanol–water partition coefficient (Wildman–Crippen LogP) is 3.28. The molecule has 3 rings (SSSR count). The molecule has 3 aromatic carbocycles. The molecule has 0 saturated carbocycles. The van der Waals surface area contributed by atoms with Gasteiger partial charge in [0.2, 0.25) is 0 Å². The predicted molar refractivity (Wildman–Crippen MR) is 110 cm³/mol. The van der Waals surface area contributed by atoms with Crippen molar-refractivity contribution in [2.45, 2.75) is 12.5 Å². The van der Waals surface area contributed by atoms with Gasteiger partial charge in [-0.15, -0.1) is 0 Å². The molecule has 0 aliphatic carbocycles. The summed E-state index contributed by atoms with van der Waals surface area (Å²) in [6, 6.07) is 18.7. The summed E-state index contributed by atoms with van der Waals surface area (Å²) in [5.74, 6) is -1.01. The number of aliphatic carboxylic acids is 1. The number of fused-ring (bicyclic) bond motifs is 1. The van der Waals surface area contributed by atoms with Crippen LogP contribution in [0.25, 0.3) is 10.8 Å². The smallest absolute Gasteiger partial charge is 0.320 e. The summed E-state index contributed by atoms with van der Waals surface area (Å²) in [7, 11) is 4.02. The Morgan fingerprint density at radius 1 is 1.00 bits per heavy atom. The lowest BCUT2D eigenvalue weighted by atomic mass is 9.97. The highest BCUT2D eigenvalue weighted by Gasteiger charge is 2.12. The van der Waals surface area contributed by atoms with Crippen LogP contribution in [-0.4, -0.2) is 36.9 Å². The Kier molecular flexibility index (Phi) is 5.23. The van der Waals surface area contributed by atoms with Crippen molar-refractivity contribution < 1.29 is 9.90 Å². The summed E-state index contributed by atoms with van der Waals surface area (Å²) < 4.78 is 0. The molecule has 0 radical (unpaired) electrons. The van der Waals surface area contributed by atoms with Gasteiger partial charge in [-0.25, -0.2) is 0 Å². The van der Waals surface area contributed by atoms with Gasteiger partial charge in [-0.3, -0.25) is 10.2 Å². The summed E-state index contributed by atoms with van der Waals surface area (Å²) in [4.78, 5) is 12.9. The zero-order chi connectivity index (χ0) is 19.6. The Morgan fingerprint density at radius 3 is 2.22 bits per heavy atom. The minimum Gasteiger partial charge on any atom is -0.480 e. The third kappa shape index (κ3) is 4.15. The first-order chi connectivity index (χ1) is 12.8. The second-order valence-corrected chi connectivity index (χ2v) is 6.86. The summed E-state index contributed by atoms with van der Waals surface area (Å²) in [5.41, 5.74) is 9.62. The van der Waals surface area contributed by atoms with Gasteiger partial charge in [0.1, 0.15) is 6.04 Å². The van der Waals surface area contributed by atoms with Crippen LogP contribution < -0.4 is 10.6 Å². The Balaban J connectivity index is 1.82. The van der Waals surface area contributed by atoms with E-state index in [1.807, 2.05) is 56.6 Å². The Hall–Kier alpha value is -3.18. The number of nitrogens with two attached hydrogens (primary N) is 1. The van der Waals surface area contributed by atoms with E-state index in [9.17, 15) is 4.79 Å². The van der Waals surface area contributed by atoms with Gasteiger partial charge < -0.3 is 15.7 Å². The first-order valence-electron chi connectivity index (χ1n) is 8.73. The molecule has 0 aliphatic heterocycles. The summed E-state index contributed by atoms with van der Waals surface area (Å²) in [6.45, 7) is 0. The number of carbonyl (C=O) groups is 1. The molecule has 1 unspecified atom stereocenters. The zero-order valence-corrected chi connectivity index (χ0v) is 15.4. The molecular formula is C22H23N3O2. The maximum absolute atomic E-state index is 10.9. The van der Waals surface area contributed by atoms with Crippen molar-refractivity contribution in [1.82, 2.24) is 0 Å². The number of nitrogens with zero attached hydrogens (tertiary/aromatic N) is 1. The van der Waals surface area contributed by atoms with Crippen LogP contribution in [0.1, 0.15) is 16.7 Å². The van der Waals surface area contributed by atoms with Crippen LogP contribution in [0.3, 0.4) is 0 Å². The number of benzene rings is 3. The lowest BCUT2D eigenvalue weighted by molar-refractivity contribution is -0.138. The fraction of sp³-hybridized carbons (Fsp3) is 0.182. The molecule has 27 heavy (non-hydrogen) atoms. The van der Waals surface area contributed by atoms with Crippen LogP contribution in [0.15, 0.2) is 60.7 Å². The molecule has 5 heteroatoms. The molecule has 0 aromatic heterocycles. The highest BCUT2D eigenvalue weighted by Crippen LogP contribution is 2.23. The van der Waals surface area contributed by atoms with Gasteiger partial charge in [-0.2, -0.15) is 0 Å². The van der Waals surface area contributed by atoms with Crippen molar-refractivity contribution in [1.29, 1.82) is 5.41 Å². The molecule has 0 saturated heterocycles. The van der Waals surface area contributed by atoms with E-state index in [-0.39, 0.29) is 6.42 Å². The maximum Gasteiger partial charge on any atom is 0.320 e. The van der Waals surface area contributed by atoms with Crippen molar-refractivity contribution in [2.75, 3.05) is 19.0 Å². The van der Waals surface area contributed by atoms with Crippen molar-refractivity contribution in [3.8, 4) is 0 Å². The summed E-state index contributed by atoms with van der Waals surface area (Å²) >= 11 is 0. The molecule has 0 amide bonds. The SMILES string of the molecule is CN(C)c1ccc2cc(C(=N)c3ccc(CC(N)C(=O)O)cc3)ccc2c1. The van der Waals surface area contributed by atoms with Gasteiger partial charge in [-0.1, -0.05) is 42.5 Å². The first-order valence-corrected chi connectivity index (χ1v) is 8.73. The van der Waals surface area contributed by atoms with Crippen LogP contribution in [0.4, 0.5) is 5.69 Å². The Labute approximate surface area is 158 Å². The molecule has 138 valence electrons. The number of anilines is 1. The van der Waals surface area contributed by atoms with E-state index in [0.29, 0.717) is 5.71 Å². The Bertz CT molecular complexity index is 994. The number of hydrogen-bond acceptors (Lipinski definition) is 4. The van der Waals surface area contributed by atoms with Crippen LogP contribution in [0.2, 0.25) is 0 Å². The largest absolute Gasteiger partial charge is 0.480 e. The number of hydrogen-bond donors (Lipinski definition) is 3. The van der Waals surface area contributed by atoms with E-state index < -0.39 is 12.0 Å². The number of rotatable bonds is 6. The standard InChI is InChI=1S/C22H23N3O2/c1-25(2)19-10-9-16-12-18(8-7-17(16)13-19)21(24)15-5-3-14(4-6-15)11-20(23)22(26)27/h3-10,12-13,20,24H,11,23H2,1-2H3,(H,26,27). The molecule has 1 atom stereocenters. The zero-order valence-electron chi connectivity index (χ0n) is 15.4. The summed E-state index contributed by atoms with van der Waals surface area (Å²) in [5, 5.41) is 19.6. The van der Waals surface area contributed by atoms with Gasteiger partial charge in [0.05, 0.1) is 5.71 Å². The van der Waals surface area contributed by atoms with E-state index in [1.165, 1.54) is 0 Å². The summed E-state index contributed by atoms with van der Waals surface area (Å²) in [6.07, 6.45) is 0.271. The second-order valence-electron chi connectivity index (χ2n) is 6.86. The number of carboxylic acid groups (broad SMARTS) is 1. The molecule has 0 bridgehead atoms. The minimum atomic E-state index is -1.01. The van der Waals surface area contributed by atoms with Gasteiger partial charge in [0, 0.05) is 30.9 Å². The molecule has 3 aromatic rings. The maximum atomic E-state index is 10.9. The van der Waals surface area contributed by atoms with E-state index >= 15 is 0 Å². The van der Waals surface area contributed by atoms with Crippen LogP contribution in [0.5, 0.6) is 0 Å². The van der Waals surface area contributed by atoms with Crippen molar-refractivity contribution in [3.63, 3.8) is 0 Å². The highest BCUT2D eigenvalue weighted by atomic mass is 16.4. The fourth-order valence-corrected chi connectivity index (χ4v) is 2.98. The lowest BCUT2D eigenvalue weighted by Crippen LogP contribution is -2.32. The van der Waals surface area contributed by atoms with Gasteiger partial charge >= 0.3 is 5.97 Å².